The number of ether oxygens (including phenoxy) is 1. The molecule has 2 rings (SSSR count). The lowest BCUT2D eigenvalue weighted by Crippen LogP contribution is -2.63. The molecule has 10 nitrogen and oxygen atoms in total. The fourth-order valence-electron chi connectivity index (χ4n) is 2.97. The van der Waals surface area contributed by atoms with Crippen molar-refractivity contribution in [1.82, 2.24) is 4.90 Å². The minimum Gasteiger partial charge on any atom is -0.543 e. The van der Waals surface area contributed by atoms with Crippen LogP contribution in [0.3, 0.4) is 0 Å². The molecule has 0 aromatic heterocycles. The normalized spacial score (nSPS) is 18.4. The average Bonchev–Trinajstić information content (AvgIpc) is 2.80. The second kappa shape index (κ2) is 18.8. The van der Waals surface area contributed by atoms with E-state index in [1.807, 2.05) is 6.92 Å². The number of rotatable bonds is 12. The molecule has 2 N–H and O–H groups in total. The van der Waals surface area contributed by atoms with Crippen LogP contribution in [-0.2, 0) is 57.1 Å². The molecule has 0 aromatic carbocycles. The van der Waals surface area contributed by atoms with E-state index in [4.69, 9.17) is 31.9 Å². The van der Waals surface area contributed by atoms with Crippen molar-refractivity contribution in [1.29, 1.82) is 0 Å². The minimum atomic E-state index is -1.47. The summed E-state index contributed by atoms with van der Waals surface area (Å²) in [5.41, 5.74) is 5.17. The van der Waals surface area contributed by atoms with Crippen molar-refractivity contribution >= 4 is 79.9 Å². The van der Waals surface area contributed by atoms with Crippen LogP contribution in [0.1, 0.15) is 32.6 Å². The molecule has 188 valence electrons. The van der Waals surface area contributed by atoms with Gasteiger partial charge in [0.05, 0.1) is 29.4 Å². The number of nitrogens with two attached hydrogens (primary N) is 1. The lowest BCUT2D eigenvalue weighted by atomic mass is 9.89. The number of carboxylic acids is 1. The SMILES string of the molecule is CCCC(=O)CC1C(=O)N2C(C(=O)[O-])=C(COC(=O)CCP=S)CSC12.NCCP=S.O=C=O. The number of carboxylic acid groups (broad SMARTS) is 1. The van der Waals surface area contributed by atoms with Crippen LogP contribution in [0.15, 0.2) is 11.3 Å². The summed E-state index contributed by atoms with van der Waals surface area (Å²) in [6.45, 7) is 2.42. The molecule has 1 saturated heterocycles. The largest absolute Gasteiger partial charge is 0.543 e. The van der Waals surface area contributed by atoms with Crippen molar-refractivity contribution < 1.29 is 38.6 Å². The Morgan fingerprint density at radius 3 is 2.32 bits per heavy atom. The van der Waals surface area contributed by atoms with Gasteiger partial charge in [-0.3, -0.25) is 19.3 Å². The van der Waals surface area contributed by atoms with Gasteiger partial charge in [0.2, 0.25) is 5.91 Å². The quantitative estimate of drug-likeness (QED) is 0.196. The molecular formula is C19H25N2O8P2S3-. The number of carbonyl (C=O) groups excluding carboxylic acids is 6. The number of amides is 1. The van der Waals surface area contributed by atoms with Crippen LogP contribution in [0.5, 0.6) is 0 Å². The van der Waals surface area contributed by atoms with E-state index in [1.165, 1.54) is 16.7 Å². The summed E-state index contributed by atoms with van der Waals surface area (Å²) in [6.07, 6.45) is 3.12. The Morgan fingerprint density at radius 1 is 1.24 bits per heavy atom. The summed E-state index contributed by atoms with van der Waals surface area (Å²) in [7, 11) is 1.65. The number of thioether (sulfide) groups is 1. The topological polar surface area (TPSA) is 164 Å². The number of nitrogens with zero attached hydrogens (tertiary/aromatic N) is 1. The van der Waals surface area contributed by atoms with Crippen LogP contribution < -0.4 is 10.8 Å². The van der Waals surface area contributed by atoms with Crippen molar-refractivity contribution in [2.24, 2.45) is 11.7 Å². The number of aliphatic carboxylic acids is 1. The van der Waals surface area contributed by atoms with E-state index >= 15 is 0 Å². The van der Waals surface area contributed by atoms with Crippen molar-refractivity contribution in [2.75, 3.05) is 31.2 Å². The predicted octanol–water partition coefficient (Wildman–Crippen LogP) is 0.392. The molecular weight excluding hydrogens is 542 g/mol. The first kappa shape index (κ1) is 32.5. The van der Waals surface area contributed by atoms with E-state index in [0.717, 1.165) is 20.1 Å². The highest BCUT2D eigenvalue weighted by Crippen LogP contribution is 2.45. The number of esters is 1. The van der Waals surface area contributed by atoms with E-state index in [-0.39, 0.29) is 48.4 Å². The zero-order valence-electron chi connectivity index (χ0n) is 18.4. The second-order valence-corrected chi connectivity index (χ2v) is 10.8. The van der Waals surface area contributed by atoms with Crippen LogP contribution in [0.25, 0.3) is 0 Å². The number of Topliss-reactive ketones (excluding diaryl/α,β-unsaturated/α-hetero) is 1. The van der Waals surface area contributed by atoms with E-state index < -0.39 is 17.9 Å². The Balaban J connectivity index is 0.00000118. The van der Waals surface area contributed by atoms with Crippen LogP contribution in [0.2, 0.25) is 0 Å². The third kappa shape index (κ3) is 10.9. The average molecular weight is 568 g/mol. The minimum absolute atomic E-state index is 0.00540. The predicted molar refractivity (Wildman–Crippen MR) is 131 cm³/mol. The smallest absolute Gasteiger partial charge is 0.373 e. The lowest BCUT2D eigenvalue weighted by molar-refractivity contribution is -0.301. The molecule has 34 heavy (non-hydrogen) atoms. The van der Waals surface area contributed by atoms with Gasteiger partial charge in [-0.05, 0) is 21.1 Å². The van der Waals surface area contributed by atoms with Gasteiger partial charge in [0.1, 0.15) is 12.4 Å². The lowest BCUT2D eigenvalue weighted by Gasteiger charge is -2.50. The zero-order valence-corrected chi connectivity index (χ0v) is 22.7. The van der Waals surface area contributed by atoms with Crippen molar-refractivity contribution in [3.05, 3.63) is 11.3 Å². The maximum absolute atomic E-state index is 12.4. The van der Waals surface area contributed by atoms with Gasteiger partial charge in [0, 0.05) is 43.0 Å². The molecule has 2 heterocycles. The standard InChI is InChI=1S/C16H20NO6PS2.C2H6NPS.CO2/c1-2-3-10(18)6-11-14(20)17-13(16(21)22)9(8-26-15(11)17)7-23-12(19)4-5-24-25;3-1-2-4-5;2-1-3/h11,15H,2-8H2,1H3,(H,21,22);1-3H2;/p-1. The van der Waals surface area contributed by atoms with Gasteiger partial charge in [0.15, 0.2) is 0 Å². The van der Waals surface area contributed by atoms with Gasteiger partial charge < -0.3 is 20.4 Å². The zero-order chi connectivity index (χ0) is 26.1. The molecule has 0 spiro atoms. The number of carbonyl (C=O) groups is 4. The summed E-state index contributed by atoms with van der Waals surface area (Å²) in [5.74, 6) is -2.51. The molecule has 2 aliphatic rings. The summed E-state index contributed by atoms with van der Waals surface area (Å²) in [4.78, 5) is 64.8. The first-order valence-electron chi connectivity index (χ1n) is 10.1. The number of fused-ring (bicyclic) bond motifs is 1. The Morgan fingerprint density at radius 2 is 1.85 bits per heavy atom. The Bertz CT molecular complexity index is 834. The highest BCUT2D eigenvalue weighted by molar-refractivity contribution is 8.00. The number of hydrogen-bond donors (Lipinski definition) is 1. The van der Waals surface area contributed by atoms with Gasteiger partial charge in [0.25, 0.3) is 0 Å². The highest BCUT2D eigenvalue weighted by Gasteiger charge is 2.52. The molecule has 0 saturated carbocycles. The molecule has 2 atom stereocenters. The van der Waals surface area contributed by atoms with E-state index in [1.54, 1.807) is 0 Å². The maximum Gasteiger partial charge on any atom is 0.373 e. The van der Waals surface area contributed by atoms with Gasteiger partial charge >= 0.3 is 12.1 Å². The first-order chi connectivity index (χ1) is 16.2. The maximum atomic E-state index is 12.4. The van der Waals surface area contributed by atoms with Crippen LogP contribution >= 0.6 is 26.5 Å². The van der Waals surface area contributed by atoms with E-state index in [0.29, 0.717) is 37.7 Å². The molecule has 1 fully saturated rings. The highest BCUT2D eigenvalue weighted by atomic mass is 32.4. The van der Waals surface area contributed by atoms with Crippen LogP contribution in [-0.4, -0.2) is 71.3 Å². The second-order valence-electron chi connectivity index (χ2n) is 6.74. The third-order valence-corrected chi connectivity index (χ3v) is 7.70. The summed E-state index contributed by atoms with van der Waals surface area (Å²) in [6, 6.07) is 0. The molecule has 0 aliphatic carbocycles. The molecule has 0 bridgehead atoms. The molecule has 2 aliphatic heterocycles. The van der Waals surface area contributed by atoms with Gasteiger partial charge in [-0.25, -0.2) is 0 Å². The van der Waals surface area contributed by atoms with Gasteiger partial charge in [-0.2, -0.15) is 9.59 Å². The summed E-state index contributed by atoms with van der Waals surface area (Å²) >= 11 is 10.7. The Hall–Kier alpha value is -1.45. The van der Waals surface area contributed by atoms with E-state index in [2.05, 4.69) is 11.8 Å². The molecule has 15 heteroatoms. The van der Waals surface area contributed by atoms with Gasteiger partial charge in [-0.15, -0.1) is 11.8 Å². The molecule has 2 unspecified atom stereocenters. The Labute approximate surface area is 215 Å². The van der Waals surface area contributed by atoms with Crippen LogP contribution in [0.4, 0.5) is 0 Å². The van der Waals surface area contributed by atoms with Crippen molar-refractivity contribution in [3.63, 3.8) is 0 Å². The summed E-state index contributed by atoms with van der Waals surface area (Å²) < 4.78 is 5.09. The number of ketones is 1. The van der Waals surface area contributed by atoms with Gasteiger partial charge in [-0.1, -0.05) is 30.5 Å². The fourth-order valence-corrected chi connectivity index (χ4v) is 5.34. The Kier molecular flexibility index (Phi) is 18.0. The number of hydrogen-bond acceptors (Lipinski definition) is 12. The van der Waals surface area contributed by atoms with E-state index in [9.17, 15) is 24.3 Å². The first-order valence-corrected chi connectivity index (χ1v) is 15.3. The monoisotopic (exact) mass is 567 g/mol. The van der Waals surface area contributed by atoms with Crippen molar-refractivity contribution in [3.8, 4) is 0 Å². The van der Waals surface area contributed by atoms with Crippen molar-refractivity contribution in [2.45, 2.75) is 38.0 Å². The van der Waals surface area contributed by atoms with Crippen LogP contribution in [0, 0.1) is 5.92 Å². The molecule has 1 amide bonds. The fraction of sp³-hybridized carbons (Fsp3) is 0.632. The summed E-state index contributed by atoms with van der Waals surface area (Å²) in [5, 5.41) is 11.2. The molecule has 0 aromatic rings. The number of β-lactam (4-membered cyclic amide) rings is 1. The third-order valence-electron chi connectivity index (χ3n) is 4.36. The molecule has 0 radical (unpaired) electrons.